The molecule has 1 fully saturated rings. The molecule has 3 heteroatoms. The van der Waals surface area contributed by atoms with Gasteiger partial charge in [0.15, 0.2) is 0 Å². The van der Waals surface area contributed by atoms with Gasteiger partial charge in [0.05, 0.1) is 11.6 Å². The van der Waals surface area contributed by atoms with Crippen LogP contribution in [0.2, 0.25) is 0 Å². The summed E-state index contributed by atoms with van der Waals surface area (Å²) in [6.07, 6.45) is 8.61. The van der Waals surface area contributed by atoms with Crippen LogP contribution in [-0.4, -0.2) is 16.9 Å². The van der Waals surface area contributed by atoms with E-state index in [2.05, 4.69) is 10.3 Å². The Kier molecular flexibility index (Phi) is 4.73. The molecule has 2 rings (SSSR count). The van der Waals surface area contributed by atoms with Crippen LogP contribution in [0.25, 0.3) is 0 Å². The fourth-order valence-corrected chi connectivity index (χ4v) is 2.66. The Morgan fingerprint density at radius 1 is 1.39 bits per heavy atom. The van der Waals surface area contributed by atoms with Crippen molar-refractivity contribution in [3.63, 3.8) is 0 Å². The molecule has 1 aromatic heterocycles. The maximum atomic E-state index is 12.3. The Morgan fingerprint density at radius 2 is 2.17 bits per heavy atom. The smallest absolute Gasteiger partial charge is 0.229 e. The van der Waals surface area contributed by atoms with Crippen LogP contribution >= 0.6 is 0 Å². The number of nitrogens with zero attached hydrogens (tertiary/aromatic N) is 1. The van der Waals surface area contributed by atoms with E-state index in [1.807, 2.05) is 25.1 Å². The van der Waals surface area contributed by atoms with Crippen molar-refractivity contribution in [3.05, 3.63) is 30.1 Å². The molecule has 3 nitrogen and oxygen atoms in total. The standard InChI is InChI=1S/C15H22N2O/c1-2-13(14-10-6-7-11-16-14)15(18)17-12-8-4-3-5-9-12/h6-7,10-13H,2-5,8-9H2,1H3,(H,17,18). The normalized spacial score (nSPS) is 18.3. The molecule has 1 atom stereocenters. The minimum absolute atomic E-state index is 0.104. The summed E-state index contributed by atoms with van der Waals surface area (Å²) in [6, 6.07) is 6.15. The summed E-state index contributed by atoms with van der Waals surface area (Å²) in [5, 5.41) is 3.19. The summed E-state index contributed by atoms with van der Waals surface area (Å²) in [5.74, 6) is 0.0382. The first kappa shape index (κ1) is 13.1. The molecular weight excluding hydrogens is 224 g/mol. The van der Waals surface area contributed by atoms with Gasteiger partial charge in [0.1, 0.15) is 0 Å². The largest absolute Gasteiger partial charge is 0.353 e. The first-order chi connectivity index (χ1) is 8.81. The fourth-order valence-electron chi connectivity index (χ4n) is 2.66. The lowest BCUT2D eigenvalue weighted by molar-refractivity contribution is -0.123. The van der Waals surface area contributed by atoms with E-state index in [1.165, 1.54) is 19.3 Å². The molecule has 0 spiro atoms. The quantitative estimate of drug-likeness (QED) is 0.887. The maximum absolute atomic E-state index is 12.3. The predicted molar refractivity (Wildman–Crippen MR) is 72.3 cm³/mol. The molecule has 0 aliphatic heterocycles. The molecular formula is C15H22N2O. The number of aromatic nitrogens is 1. The molecule has 1 amide bonds. The fraction of sp³-hybridized carbons (Fsp3) is 0.600. The average Bonchev–Trinajstić information content (AvgIpc) is 2.42. The summed E-state index contributed by atoms with van der Waals surface area (Å²) >= 11 is 0. The number of carbonyl (C=O) groups excluding carboxylic acids is 1. The van der Waals surface area contributed by atoms with Gasteiger partial charge in [-0.3, -0.25) is 9.78 Å². The van der Waals surface area contributed by atoms with E-state index in [0.29, 0.717) is 6.04 Å². The van der Waals surface area contributed by atoms with Gasteiger partial charge in [-0.15, -0.1) is 0 Å². The Morgan fingerprint density at radius 3 is 2.78 bits per heavy atom. The van der Waals surface area contributed by atoms with Gasteiger partial charge in [0, 0.05) is 12.2 Å². The highest BCUT2D eigenvalue weighted by Crippen LogP contribution is 2.21. The molecule has 1 N–H and O–H groups in total. The molecule has 1 heterocycles. The van der Waals surface area contributed by atoms with E-state index in [0.717, 1.165) is 25.0 Å². The second-order valence-corrected chi connectivity index (χ2v) is 5.06. The van der Waals surface area contributed by atoms with Gasteiger partial charge < -0.3 is 5.32 Å². The highest BCUT2D eigenvalue weighted by atomic mass is 16.1. The van der Waals surface area contributed by atoms with Crippen molar-refractivity contribution in [2.45, 2.75) is 57.4 Å². The highest BCUT2D eigenvalue weighted by Gasteiger charge is 2.23. The van der Waals surface area contributed by atoms with Gasteiger partial charge in [-0.2, -0.15) is 0 Å². The number of nitrogens with one attached hydrogen (secondary N) is 1. The van der Waals surface area contributed by atoms with E-state index in [4.69, 9.17) is 0 Å². The van der Waals surface area contributed by atoms with Gasteiger partial charge in [-0.05, 0) is 31.4 Å². The van der Waals surface area contributed by atoms with Crippen molar-refractivity contribution in [1.29, 1.82) is 0 Å². The third-order valence-corrected chi connectivity index (χ3v) is 3.72. The molecule has 18 heavy (non-hydrogen) atoms. The third-order valence-electron chi connectivity index (χ3n) is 3.72. The van der Waals surface area contributed by atoms with Gasteiger partial charge in [0.2, 0.25) is 5.91 Å². The Bertz CT molecular complexity index is 371. The second-order valence-electron chi connectivity index (χ2n) is 5.06. The molecule has 1 aliphatic rings. The summed E-state index contributed by atoms with van der Waals surface area (Å²) in [7, 11) is 0. The highest BCUT2D eigenvalue weighted by molar-refractivity contribution is 5.83. The second kappa shape index (κ2) is 6.53. The molecule has 0 bridgehead atoms. The van der Waals surface area contributed by atoms with E-state index < -0.39 is 0 Å². The van der Waals surface area contributed by atoms with Gasteiger partial charge in [-0.1, -0.05) is 32.3 Å². The number of carbonyl (C=O) groups is 1. The van der Waals surface area contributed by atoms with Crippen LogP contribution in [0.1, 0.15) is 57.1 Å². The van der Waals surface area contributed by atoms with E-state index in [-0.39, 0.29) is 11.8 Å². The first-order valence-corrected chi connectivity index (χ1v) is 7.02. The minimum atomic E-state index is -0.104. The Balaban J connectivity index is 1.97. The predicted octanol–water partition coefficient (Wildman–Crippen LogP) is 3.02. The molecule has 1 aromatic rings. The topological polar surface area (TPSA) is 42.0 Å². The van der Waals surface area contributed by atoms with Crippen LogP contribution in [0, 0.1) is 0 Å². The van der Waals surface area contributed by atoms with Gasteiger partial charge in [-0.25, -0.2) is 0 Å². The summed E-state index contributed by atoms with van der Waals surface area (Å²) in [6.45, 7) is 2.04. The van der Waals surface area contributed by atoms with E-state index in [1.54, 1.807) is 6.20 Å². The van der Waals surface area contributed by atoms with Crippen molar-refractivity contribution >= 4 is 5.91 Å². The summed E-state index contributed by atoms with van der Waals surface area (Å²) in [4.78, 5) is 16.6. The van der Waals surface area contributed by atoms with Crippen LogP contribution in [-0.2, 0) is 4.79 Å². The Hall–Kier alpha value is -1.38. The van der Waals surface area contributed by atoms with Crippen molar-refractivity contribution in [1.82, 2.24) is 10.3 Å². The van der Waals surface area contributed by atoms with Crippen molar-refractivity contribution in [2.75, 3.05) is 0 Å². The van der Waals surface area contributed by atoms with E-state index >= 15 is 0 Å². The van der Waals surface area contributed by atoms with Crippen molar-refractivity contribution < 1.29 is 4.79 Å². The lowest BCUT2D eigenvalue weighted by Gasteiger charge is -2.25. The Labute approximate surface area is 109 Å². The third kappa shape index (κ3) is 3.31. The zero-order chi connectivity index (χ0) is 12.8. The molecule has 98 valence electrons. The van der Waals surface area contributed by atoms with Crippen LogP contribution in [0.3, 0.4) is 0 Å². The van der Waals surface area contributed by atoms with Crippen molar-refractivity contribution in [2.24, 2.45) is 0 Å². The van der Waals surface area contributed by atoms with Crippen LogP contribution in [0.15, 0.2) is 24.4 Å². The average molecular weight is 246 g/mol. The molecule has 1 saturated carbocycles. The van der Waals surface area contributed by atoms with Crippen LogP contribution in [0.4, 0.5) is 0 Å². The molecule has 1 unspecified atom stereocenters. The number of amides is 1. The van der Waals surface area contributed by atoms with Crippen molar-refractivity contribution in [3.8, 4) is 0 Å². The van der Waals surface area contributed by atoms with Gasteiger partial charge in [0.25, 0.3) is 0 Å². The SMILES string of the molecule is CCC(C(=O)NC1CCCCC1)c1ccccn1. The zero-order valence-electron chi connectivity index (χ0n) is 11.1. The number of hydrogen-bond acceptors (Lipinski definition) is 2. The van der Waals surface area contributed by atoms with Gasteiger partial charge >= 0.3 is 0 Å². The molecule has 1 aliphatic carbocycles. The molecule has 0 aromatic carbocycles. The first-order valence-electron chi connectivity index (χ1n) is 7.02. The lowest BCUT2D eigenvalue weighted by atomic mass is 9.94. The van der Waals surface area contributed by atoms with Crippen LogP contribution < -0.4 is 5.32 Å². The zero-order valence-corrected chi connectivity index (χ0v) is 11.1. The number of pyridine rings is 1. The van der Waals surface area contributed by atoms with E-state index in [9.17, 15) is 4.79 Å². The van der Waals surface area contributed by atoms with Crippen LogP contribution in [0.5, 0.6) is 0 Å². The minimum Gasteiger partial charge on any atom is -0.353 e. The lowest BCUT2D eigenvalue weighted by Crippen LogP contribution is -2.39. The maximum Gasteiger partial charge on any atom is 0.229 e. The molecule has 0 saturated heterocycles. The summed E-state index contributed by atoms with van der Waals surface area (Å²) in [5.41, 5.74) is 0.883. The molecule has 0 radical (unpaired) electrons. The monoisotopic (exact) mass is 246 g/mol. The number of hydrogen-bond donors (Lipinski definition) is 1. The number of rotatable bonds is 4. The summed E-state index contributed by atoms with van der Waals surface area (Å²) < 4.78 is 0.